The first-order valence-corrected chi connectivity index (χ1v) is 7.19. The van der Waals surface area contributed by atoms with E-state index >= 15 is 0 Å². The minimum atomic E-state index is -0.140. The highest BCUT2D eigenvalue weighted by molar-refractivity contribution is 14.1. The molecule has 0 aliphatic carbocycles. The molecule has 1 rings (SSSR count). The van der Waals surface area contributed by atoms with Gasteiger partial charge in [-0.15, -0.1) is 0 Å². The molecule has 0 saturated heterocycles. The van der Waals surface area contributed by atoms with Gasteiger partial charge in [-0.3, -0.25) is 4.79 Å². The van der Waals surface area contributed by atoms with E-state index in [1.807, 2.05) is 22.6 Å². The van der Waals surface area contributed by atoms with E-state index in [0.717, 1.165) is 6.42 Å². The van der Waals surface area contributed by atoms with Crippen molar-refractivity contribution in [2.45, 2.75) is 45.4 Å². The maximum Gasteiger partial charge on any atom is 0.268 e. The van der Waals surface area contributed by atoms with Gasteiger partial charge in [-0.1, -0.05) is 39.0 Å². The zero-order valence-corrected chi connectivity index (χ0v) is 12.3. The molecule has 0 radical (unpaired) electrons. The van der Waals surface area contributed by atoms with Crippen molar-refractivity contribution in [3.05, 3.63) is 20.3 Å². The van der Waals surface area contributed by atoms with Crippen LogP contribution >= 0.6 is 22.6 Å². The molecule has 0 atom stereocenters. The Balaban J connectivity index is 2.18. The maximum atomic E-state index is 11.3. The molecular formula is C12H19IN2O2. The molecule has 17 heavy (non-hydrogen) atoms. The molecule has 0 aliphatic heterocycles. The van der Waals surface area contributed by atoms with Crippen LogP contribution in [0.1, 0.15) is 45.4 Å². The van der Waals surface area contributed by atoms with Gasteiger partial charge in [0.1, 0.15) is 3.57 Å². The number of hydrogen-bond acceptors (Lipinski definition) is 3. The molecule has 0 unspecified atom stereocenters. The van der Waals surface area contributed by atoms with E-state index in [0.29, 0.717) is 16.1 Å². The van der Waals surface area contributed by atoms with Gasteiger partial charge in [0.05, 0.1) is 12.9 Å². The van der Waals surface area contributed by atoms with E-state index in [4.69, 9.17) is 4.74 Å². The lowest BCUT2D eigenvalue weighted by atomic mass is 10.1. The minimum Gasteiger partial charge on any atom is -0.477 e. The van der Waals surface area contributed by atoms with Crippen LogP contribution in [-0.2, 0) is 0 Å². The second kappa shape index (κ2) is 8.49. The number of nitrogens with zero attached hydrogens (tertiary/aromatic N) is 1. The van der Waals surface area contributed by atoms with Gasteiger partial charge in [-0.25, -0.2) is 4.98 Å². The molecule has 0 fully saturated rings. The third-order valence-electron chi connectivity index (χ3n) is 2.50. The fourth-order valence-electron chi connectivity index (χ4n) is 1.52. The SMILES string of the molecule is CCCCCCCCOc1nc[nH]c(=O)c1I. The molecule has 0 bridgehead atoms. The molecule has 1 N–H and O–H groups in total. The molecule has 96 valence electrons. The quantitative estimate of drug-likeness (QED) is 0.579. The summed E-state index contributed by atoms with van der Waals surface area (Å²) in [5.41, 5.74) is -0.140. The number of nitrogens with one attached hydrogen (secondary N) is 1. The van der Waals surface area contributed by atoms with Crippen molar-refractivity contribution >= 4 is 22.6 Å². The molecule has 0 aliphatic rings. The lowest BCUT2D eigenvalue weighted by Crippen LogP contribution is -2.13. The second-order valence-corrected chi connectivity index (χ2v) is 5.05. The lowest BCUT2D eigenvalue weighted by molar-refractivity contribution is 0.290. The van der Waals surface area contributed by atoms with Crippen LogP contribution in [-0.4, -0.2) is 16.6 Å². The first kappa shape index (κ1) is 14.5. The van der Waals surface area contributed by atoms with Crippen LogP contribution in [0.3, 0.4) is 0 Å². The molecular weight excluding hydrogens is 331 g/mol. The summed E-state index contributed by atoms with van der Waals surface area (Å²) in [7, 11) is 0. The van der Waals surface area contributed by atoms with Crippen molar-refractivity contribution in [3.8, 4) is 5.88 Å². The Morgan fingerprint density at radius 1 is 1.29 bits per heavy atom. The predicted octanol–water partition coefficient (Wildman–Crippen LogP) is 3.11. The van der Waals surface area contributed by atoms with Crippen molar-refractivity contribution in [3.63, 3.8) is 0 Å². The summed E-state index contributed by atoms with van der Waals surface area (Å²) in [6.07, 6.45) is 8.73. The Hall–Kier alpha value is -0.590. The highest BCUT2D eigenvalue weighted by Gasteiger charge is 2.05. The Morgan fingerprint density at radius 3 is 2.76 bits per heavy atom. The number of unbranched alkanes of at least 4 members (excludes halogenated alkanes) is 5. The smallest absolute Gasteiger partial charge is 0.268 e. The van der Waals surface area contributed by atoms with E-state index in [-0.39, 0.29) is 5.56 Å². The van der Waals surface area contributed by atoms with Gasteiger partial charge in [0.25, 0.3) is 5.56 Å². The Morgan fingerprint density at radius 2 is 2.00 bits per heavy atom. The van der Waals surface area contributed by atoms with Crippen LogP contribution in [0.4, 0.5) is 0 Å². The Labute approximate surface area is 115 Å². The van der Waals surface area contributed by atoms with E-state index in [2.05, 4.69) is 16.9 Å². The molecule has 5 heteroatoms. The van der Waals surface area contributed by atoms with E-state index < -0.39 is 0 Å². The summed E-state index contributed by atoms with van der Waals surface area (Å²) >= 11 is 1.95. The molecule has 1 aromatic rings. The molecule has 1 aromatic heterocycles. The summed E-state index contributed by atoms with van der Waals surface area (Å²) in [5.74, 6) is 0.447. The summed E-state index contributed by atoms with van der Waals surface area (Å²) in [4.78, 5) is 17.8. The van der Waals surface area contributed by atoms with Crippen molar-refractivity contribution in [2.75, 3.05) is 6.61 Å². The van der Waals surface area contributed by atoms with Crippen molar-refractivity contribution in [1.29, 1.82) is 0 Å². The number of hydrogen-bond donors (Lipinski definition) is 1. The molecule has 0 amide bonds. The summed E-state index contributed by atoms with van der Waals surface area (Å²) < 4.78 is 6.01. The Bertz CT molecular complexity index is 379. The van der Waals surface area contributed by atoms with E-state index in [1.165, 1.54) is 38.4 Å². The number of ether oxygens (including phenoxy) is 1. The fourth-order valence-corrected chi connectivity index (χ4v) is 1.97. The van der Waals surface area contributed by atoms with Gasteiger partial charge < -0.3 is 9.72 Å². The summed E-state index contributed by atoms with van der Waals surface area (Å²) in [6, 6.07) is 0. The summed E-state index contributed by atoms with van der Waals surface area (Å²) in [6.45, 7) is 2.85. The van der Waals surface area contributed by atoms with Gasteiger partial charge in [0.2, 0.25) is 5.88 Å². The first-order chi connectivity index (χ1) is 8.25. The van der Waals surface area contributed by atoms with Crippen molar-refractivity contribution < 1.29 is 4.74 Å². The van der Waals surface area contributed by atoms with Crippen LogP contribution in [0.2, 0.25) is 0 Å². The highest BCUT2D eigenvalue weighted by atomic mass is 127. The molecule has 0 spiro atoms. The average molecular weight is 350 g/mol. The van der Waals surface area contributed by atoms with Gasteiger partial charge in [0, 0.05) is 0 Å². The van der Waals surface area contributed by atoms with Crippen LogP contribution in [0.15, 0.2) is 11.1 Å². The van der Waals surface area contributed by atoms with E-state index in [1.54, 1.807) is 0 Å². The highest BCUT2D eigenvalue weighted by Crippen LogP contribution is 2.12. The van der Waals surface area contributed by atoms with Crippen molar-refractivity contribution in [1.82, 2.24) is 9.97 Å². The standard InChI is InChI=1S/C12H19IN2O2/c1-2-3-4-5-6-7-8-17-12-10(13)11(16)14-9-15-12/h9H,2-8H2,1H3,(H,14,15,16). The summed E-state index contributed by atoms with van der Waals surface area (Å²) in [5, 5.41) is 0. The van der Waals surface area contributed by atoms with Crippen molar-refractivity contribution in [2.24, 2.45) is 0 Å². The van der Waals surface area contributed by atoms with Gasteiger partial charge in [0.15, 0.2) is 0 Å². The topological polar surface area (TPSA) is 55.0 Å². The number of aromatic nitrogens is 2. The van der Waals surface area contributed by atoms with Crippen LogP contribution in [0.5, 0.6) is 5.88 Å². The molecule has 4 nitrogen and oxygen atoms in total. The number of rotatable bonds is 8. The second-order valence-electron chi connectivity index (χ2n) is 3.97. The number of H-pyrrole nitrogens is 1. The monoisotopic (exact) mass is 350 g/mol. The normalized spacial score (nSPS) is 10.5. The third-order valence-corrected chi connectivity index (χ3v) is 3.45. The largest absolute Gasteiger partial charge is 0.477 e. The zero-order valence-electron chi connectivity index (χ0n) is 10.2. The van der Waals surface area contributed by atoms with E-state index in [9.17, 15) is 4.79 Å². The minimum absolute atomic E-state index is 0.140. The first-order valence-electron chi connectivity index (χ1n) is 6.11. The maximum absolute atomic E-state index is 11.3. The molecule has 0 saturated carbocycles. The van der Waals surface area contributed by atoms with Gasteiger partial charge in [-0.2, -0.15) is 0 Å². The van der Waals surface area contributed by atoms with Crippen LogP contribution in [0.25, 0.3) is 0 Å². The number of aromatic amines is 1. The van der Waals surface area contributed by atoms with Crippen LogP contribution < -0.4 is 10.3 Å². The third kappa shape index (κ3) is 5.52. The van der Waals surface area contributed by atoms with Gasteiger partial charge in [-0.05, 0) is 29.0 Å². The Kier molecular flexibility index (Phi) is 7.23. The molecule has 0 aromatic carbocycles. The average Bonchev–Trinajstić information content (AvgIpc) is 2.33. The lowest BCUT2D eigenvalue weighted by Gasteiger charge is -2.05. The fraction of sp³-hybridized carbons (Fsp3) is 0.667. The predicted molar refractivity (Wildman–Crippen MR) is 76.4 cm³/mol. The van der Waals surface area contributed by atoms with Crippen LogP contribution in [0, 0.1) is 3.57 Å². The number of halogens is 1. The van der Waals surface area contributed by atoms with Gasteiger partial charge >= 0.3 is 0 Å². The zero-order chi connectivity index (χ0) is 12.5. The molecule has 1 heterocycles.